The Morgan fingerprint density at radius 1 is 1.21 bits per heavy atom. The number of likely N-dealkylation sites (N-methyl/N-ethyl adjacent to an activating group) is 1. The number of ketones is 1. The van der Waals surface area contributed by atoms with Gasteiger partial charge in [0.1, 0.15) is 11.9 Å². The summed E-state index contributed by atoms with van der Waals surface area (Å²) in [5.74, 6) is -2.17. The van der Waals surface area contributed by atoms with Crippen molar-refractivity contribution in [3.63, 3.8) is 0 Å². The van der Waals surface area contributed by atoms with E-state index in [1.807, 2.05) is 20.8 Å². The molecule has 2 N–H and O–H groups in total. The molecule has 1 aromatic carbocycles. The second-order valence-corrected chi connectivity index (χ2v) is 13.5. The molecule has 0 aromatic heterocycles. The molecule has 1 saturated heterocycles. The Labute approximate surface area is 246 Å². The van der Waals surface area contributed by atoms with Crippen molar-refractivity contribution in [2.75, 3.05) is 13.2 Å². The lowest BCUT2D eigenvalue weighted by Crippen LogP contribution is -2.68. The van der Waals surface area contributed by atoms with Crippen molar-refractivity contribution in [3.8, 4) is 5.75 Å². The van der Waals surface area contributed by atoms with E-state index in [9.17, 15) is 24.5 Å². The highest BCUT2D eigenvalue weighted by atomic mass is 19.1. The van der Waals surface area contributed by atoms with Gasteiger partial charge >= 0.3 is 13.1 Å². The number of ether oxygens (including phenoxy) is 2. The van der Waals surface area contributed by atoms with E-state index in [-0.39, 0.29) is 47.8 Å². The fourth-order valence-electron chi connectivity index (χ4n) is 9.66. The van der Waals surface area contributed by atoms with E-state index in [1.165, 1.54) is 6.07 Å². The van der Waals surface area contributed by atoms with Crippen LogP contribution in [0, 0.1) is 34.4 Å². The molecule has 8 atom stereocenters. The molecule has 3 aliphatic carbocycles. The van der Waals surface area contributed by atoms with Crippen molar-refractivity contribution >= 4 is 30.2 Å². The monoisotopic (exact) mass is 585 g/mol. The Bertz CT molecular complexity index is 1310. The Hall–Kier alpha value is -2.50. The molecule has 0 radical (unpaired) electrons. The normalized spacial score (nSPS) is 39.3. The first kappa shape index (κ1) is 29.6. The highest BCUT2D eigenvalue weighted by Gasteiger charge is 2.70. The molecule has 1 amide bonds. The molecule has 5 aliphatic rings. The number of halogens is 1. The third kappa shape index (κ3) is 4.02. The maximum atomic E-state index is 15.1. The van der Waals surface area contributed by atoms with Gasteiger partial charge in [-0.1, -0.05) is 26.8 Å². The quantitative estimate of drug-likeness (QED) is 0.400. The number of carbonyl (C=O) groups excluding carboxylic acids is 3. The van der Waals surface area contributed by atoms with Gasteiger partial charge in [0.05, 0.1) is 18.2 Å². The molecule has 1 spiro atoms. The van der Waals surface area contributed by atoms with Crippen LogP contribution in [0.2, 0.25) is 0 Å². The maximum absolute atomic E-state index is 15.1. The van der Waals surface area contributed by atoms with Gasteiger partial charge in [-0.2, -0.15) is 0 Å². The molecule has 9 nitrogen and oxygen atoms in total. The fourth-order valence-corrected chi connectivity index (χ4v) is 9.66. The SMILES string of the molecule is CCN1C(=O)CC[C@@]12C[C@@H](OC(=O)COc1ccc3c(c1F)B(O)OC3)[C@]1(C)[C@H](C)CC[C@]3(CCC(=O)[C@H]31)[C@@H](C)[C@@H]2O. The van der Waals surface area contributed by atoms with Crippen LogP contribution < -0.4 is 10.2 Å². The topological polar surface area (TPSA) is 123 Å². The first-order chi connectivity index (χ1) is 19.9. The third-order valence-corrected chi connectivity index (χ3v) is 12.0. The first-order valence-electron chi connectivity index (χ1n) is 15.3. The lowest BCUT2D eigenvalue weighted by atomic mass is 9.44. The van der Waals surface area contributed by atoms with E-state index in [1.54, 1.807) is 11.0 Å². The minimum absolute atomic E-state index is 0.00359. The molecule has 4 fully saturated rings. The highest BCUT2D eigenvalue weighted by Crippen LogP contribution is 2.68. The van der Waals surface area contributed by atoms with Gasteiger partial charge in [0.2, 0.25) is 5.91 Å². The van der Waals surface area contributed by atoms with Crippen molar-refractivity contribution in [2.45, 2.75) is 97.0 Å². The number of rotatable bonds is 5. The highest BCUT2D eigenvalue weighted by molar-refractivity contribution is 6.61. The number of carbonyl (C=O) groups is 3. The van der Waals surface area contributed by atoms with Gasteiger partial charge in [-0.05, 0) is 61.5 Å². The Morgan fingerprint density at radius 2 is 1.98 bits per heavy atom. The van der Waals surface area contributed by atoms with Crippen LogP contribution in [0.25, 0.3) is 0 Å². The Kier molecular flexibility index (Phi) is 7.25. The molecule has 228 valence electrons. The number of Topliss-reactive ketones (excluding diaryl/α,β-unsaturated/α-hetero) is 1. The maximum Gasteiger partial charge on any atom is 0.494 e. The second kappa shape index (κ2) is 10.3. The number of aliphatic hydroxyl groups excluding tert-OH is 1. The number of likely N-dealkylation sites (tertiary alicyclic amines) is 1. The summed E-state index contributed by atoms with van der Waals surface area (Å²) in [6.45, 7) is 8.00. The zero-order valence-electron chi connectivity index (χ0n) is 24.9. The van der Waals surface area contributed by atoms with E-state index in [2.05, 4.69) is 6.92 Å². The molecule has 42 heavy (non-hydrogen) atoms. The van der Waals surface area contributed by atoms with E-state index in [4.69, 9.17) is 14.1 Å². The summed E-state index contributed by atoms with van der Waals surface area (Å²) in [5, 5.41) is 22.1. The zero-order chi connectivity index (χ0) is 30.2. The lowest BCUT2D eigenvalue weighted by molar-refractivity contribution is -0.214. The summed E-state index contributed by atoms with van der Waals surface area (Å²) < 4.78 is 32.0. The van der Waals surface area contributed by atoms with Crippen LogP contribution in [-0.2, 0) is 30.4 Å². The van der Waals surface area contributed by atoms with Crippen molar-refractivity contribution in [2.24, 2.45) is 28.6 Å². The molecule has 2 bridgehead atoms. The molecule has 2 heterocycles. The van der Waals surface area contributed by atoms with Gasteiger partial charge in [-0.25, -0.2) is 9.18 Å². The lowest BCUT2D eigenvalue weighted by Gasteiger charge is -2.63. The summed E-state index contributed by atoms with van der Waals surface area (Å²) in [6, 6.07) is 2.98. The molecular formula is C31H41BFNO8. The summed E-state index contributed by atoms with van der Waals surface area (Å²) in [7, 11) is -1.40. The standard InChI is InChI=1S/C31H41BFNO8/c1-5-34-23(36)10-13-31(34)14-22(42-24(37)16-40-21-7-6-19-15-41-32(39)25(19)26(21)33)29(4)17(2)8-11-30(18(3)28(31)38)12-9-20(35)27(29)30/h6-7,17-18,22,27-28,38-39H,5,8-16H2,1-4H3/t17-,18+,22-,27+,28+,29+,30+,31+/m1/s1. The number of benzene rings is 1. The predicted octanol–water partition coefficient (Wildman–Crippen LogP) is 2.52. The van der Waals surface area contributed by atoms with Crippen LogP contribution in [-0.4, -0.2) is 70.7 Å². The van der Waals surface area contributed by atoms with Gasteiger partial charge in [-0.3, -0.25) is 9.59 Å². The molecule has 1 aromatic rings. The molecule has 2 aliphatic heterocycles. The number of esters is 1. The summed E-state index contributed by atoms with van der Waals surface area (Å²) in [5.41, 5.74) is -1.60. The van der Waals surface area contributed by atoms with Gasteiger partial charge in [0.15, 0.2) is 18.2 Å². The Morgan fingerprint density at radius 3 is 2.71 bits per heavy atom. The Balaban J connectivity index is 1.35. The van der Waals surface area contributed by atoms with Crippen LogP contribution in [0.1, 0.15) is 78.2 Å². The predicted molar refractivity (Wildman–Crippen MR) is 150 cm³/mol. The van der Waals surface area contributed by atoms with Gasteiger partial charge in [0, 0.05) is 42.6 Å². The first-order valence-corrected chi connectivity index (χ1v) is 15.3. The average Bonchev–Trinajstić information content (AvgIpc) is 3.62. The van der Waals surface area contributed by atoms with E-state index in [0.717, 1.165) is 12.8 Å². The minimum Gasteiger partial charge on any atom is -0.479 e. The molecule has 11 heteroatoms. The smallest absolute Gasteiger partial charge is 0.479 e. The number of hydrogen-bond donors (Lipinski definition) is 2. The van der Waals surface area contributed by atoms with Crippen molar-refractivity contribution in [1.29, 1.82) is 0 Å². The van der Waals surface area contributed by atoms with Crippen molar-refractivity contribution in [1.82, 2.24) is 4.90 Å². The summed E-state index contributed by atoms with van der Waals surface area (Å²) in [4.78, 5) is 42.0. The molecule has 0 unspecified atom stereocenters. The third-order valence-electron chi connectivity index (χ3n) is 12.0. The van der Waals surface area contributed by atoms with Gasteiger partial charge < -0.3 is 29.2 Å². The largest absolute Gasteiger partial charge is 0.494 e. The molecule has 6 rings (SSSR count). The van der Waals surface area contributed by atoms with Crippen LogP contribution in [0.5, 0.6) is 5.75 Å². The van der Waals surface area contributed by atoms with Crippen molar-refractivity contribution < 1.29 is 43.0 Å². The van der Waals surface area contributed by atoms with E-state index in [0.29, 0.717) is 37.8 Å². The molecule has 3 saturated carbocycles. The fraction of sp³-hybridized carbons (Fsp3) is 0.710. The number of hydrogen-bond acceptors (Lipinski definition) is 8. The van der Waals surface area contributed by atoms with Crippen LogP contribution in [0.4, 0.5) is 4.39 Å². The second-order valence-electron chi connectivity index (χ2n) is 13.5. The number of amides is 1. The summed E-state index contributed by atoms with van der Waals surface area (Å²) in [6.07, 6.45) is 2.01. The van der Waals surface area contributed by atoms with E-state index >= 15 is 4.39 Å². The number of aliphatic hydroxyl groups is 1. The average molecular weight is 585 g/mol. The van der Waals surface area contributed by atoms with Crippen LogP contribution in [0.15, 0.2) is 12.1 Å². The van der Waals surface area contributed by atoms with Gasteiger partial charge in [-0.15, -0.1) is 0 Å². The number of fused-ring (bicyclic) bond motifs is 1. The molecular weight excluding hydrogens is 544 g/mol. The van der Waals surface area contributed by atoms with Crippen LogP contribution in [0.3, 0.4) is 0 Å². The zero-order valence-corrected chi connectivity index (χ0v) is 24.9. The number of nitrogens with zero attached hydrogens (tertiary/aromatic N) is 1. The van der Waals surface area contributed by atoms with Gasteiger partial charge in [0.25, 0.3) is 0 Å². The minimum atomic E-state index is -1.40. The van der Waals surface area contributed by atoms with Crippen molar-refractivity contribution in [3.05, 3.63) is 23.5 Å². The van der Waals surface area contributed by atoms with E-state index < -0.39 is 60.0 Å². The summed E-state index contributed by atoms with van der Waals surface area (Å²) >= 11 is 0. The van der Waals surface area contributed by atoms with Crippen LogP contribution >= 0.6 is 0 Å².